The summed E-state index contributed by atoms with van der Waals surface area (Å²) >= 11 is 1.73. The quantitative estimate of drug-likeness (QED) is 0.840. The zero-order valence-corrected chi connectivity index (χ0v) is 15.1. The summed E-state index contributed by atoms with van der Waals surface area (Å²) in [5, 5.41) is 4.67. The van der Waals surface area contributed by atoms with E-state index in [9.17, 15) is 4.79 Å². The summed E-state index contributed by atoms with van der Waals surface area (Å²) in [4.78, 5) is 16.3. The molecule has 1 aromatic heterocycles. The van der Waals surface area contributed by atoms with Gasteiger partial charge in [0.15, 0.2) is 0 Å². The first-order chi connectivity index (χ1) is 11.6. The zero-order valence-electron chi connectivity index (χ0n) is 14.2. The number of piperidine rings is 1. The van der Waals surface area contributed by atoms with Gasteiger partial charge in [-0.05, 0) is 50.8 Å². The van der Waals surface area contributed by atoms with Gasteiger partial charge in [-0.15, -0.1) is 11.8 Å². The van der Waals surface area contributed by atoms with Gasteiger partial charge in [-0.25, -0.2) is 0 Å². The number of hydrogen-bond donors (Lipinski definition) is 0. The van der Waals surface area contributed by atoms with Gasteiger partial charge in [0.05, 0.1) is 17.0 Å². The summed E-state index contributed by atoms with van der Waals surface area (Å²) in [7, 11) is 0. The highest BCUT2D eigenvalue weighted by atomic mass is 32.2. The van der Waals surface area contributed by atoms with Crippen LogP contribution in [0.3, 0.4) is 0 Å². The summed E-state index contributed by atoms with van der Waals surface area (Å²) in [6, 6.07) is 10.8. The molecule has 2 unspecified atom stereocenters. The van der Waals surface area contributed by atoms with E-state index < -0.39 is 0 Å². The van der Waals surface area contributed by atoms with Crippen molar-refractivity contribution in [1.82, 2.24) is 14.7 Å². The van der Waals surface area contributed by atoms with Gasteiger partial charge in [0.1, 0.15) is 0 Å². The number of benzene rings is 1. The van der Waals surface area contributed by atoms with Crippen LogP contribution in [0.1, 0.15) is 35.8 Å². The van der Waals surface area contributed by atoms with Crippen LogP contribution in [0.5, 0.6) is 0 Å². The maximum atomic E-state index is 13.0. The number of nitrogens with zero attached hydrogens (tertiary/aromatic N) is 3. The smallest absolute Gasteiger partial charge is 0.236 e. The lowest BCUT2D eigenvalue weighted by Crippen LogP contribution is -2.44. The van der Waals surface area contributed by atoms with Gasteiger partial charge in [0, 0.05) is 23.7 Å². The zero-order chi connectivity index (χ0) is 16.7. The van der Waals surface area contributed by atoms with Crippen LogP contribution in [0.4, 0.5) is 0 Å². The van der Waals surface area contributed by atoms with E-state index in [4.69, 9.17) is 0 Å². The fourth-order valence-corrected chi connectivity index (χ4v) is 5.17. The molecule has 4 rings (SSSR count). The monoisotopic (exact) mass is 341 g/mol. The molecule has 24 heavy (non-hydrogen) atoms. The van der Waals surface area contributed by atoms with Crippen LogP contribution < -0.4 is 0 Å². The first-order valence-corrected chi connectivity index (χ1v) is 9.56. The van der Waals surface area contributed by atoms with Gasteiger partial charge in [-0.3, -0.25) is 9.48 Å². The van der Waals surface area contributed by atoms with E-state index in [2.05, 4.69) is 51.9 Å². The van der Waals surface area contributed by atoms with E-state index in [0.717, 1.165) is 38.0 Å². The Balaban J connectivity index is 1.47. The van der Waals surface area contributed by atoms with Crippen LogP contribution >= 0.6 is 11.8 Å². The van der Waals surface area contributed by atoms with Crippen molar-refractivity contribution in [3.63, 3.8) is 0 Å². The lowest BCUT2D eigenvalue weighted by atomic mass is 10.0. The highest BCUT2D eigenvalue weighted by molar-refractivity contribution is 8.01. The van der Waals surface area contributed by atoms with Crippen molar-refractivity contribution in [3.8, 4) is 0 Å². The van der Waals surface area contributed by atoms with Gasteiger partial charge >= 0.3 is 0 Å². The second kappa shape index (κ2) is 6.28. The molecule has 0 aliphatic carbocycles. The maximum Gasteiger partial charge on any atom is 0.236 e. The Hall–Kier alpha value is -1.75. The van der Waals surface area contributed by atoms with Crippen molar-refractivity contribution in [1.29, 1.82) is 0 Å². The van der Waals surface area contributed by atoms with Crippen LogP contribution in [-0.4, -0.2) is 38.9 Å². The molecule has 0 saturated carbocycles. The molecule has 0 radical (unpaired) electrons. The Kier molecular flexibility index (Phi) is 4.12. The van der Waals surface area contributed by atoms with Gasteiger partial charge in [0.2, 0.25) is 5.91 Å². The molecule has 1 aromatic carbocycles. The highest BCUT2D eigenvalue weighted by Crippen LogP contribution is 2.38. The third kappa shape index (κ3) is 2.86. The highest BCUT2D eigenvalue weighted by Gasteiger charge is 2.34. The lowest BCUT2D eigenvalue weighted by Gasteiger charge is -2.34. The van der Waals surface area contributed by atoms with Crippen molar-refractivity contribution in [2.45, 2.75) is 49.3 Å². The molecule has 0 N–H and O–H groups in total. The topological polar surface area (TPSA) is 38.1 Å². The summed E-state index contributed by atoms with van der Waals surface area (Å²) in [6.07, 6.45) is 3.02. The average molecular weight is 341 g/mol. The minimum Gasteiger partial charge on any atom is -0.340 e. The predicted octanol–water partition coefficient (Wildman–Crippen LogP) is 3.38. The Morgan fingerprint density at radius 1 is 1.29 bits per heavy atom. The van der Waals surface area contributed by atoms with Gasteiger partial charge in [-0.2, -0.15) is 5.10 Å². The van der Waals surface area contributed by atoms with Gasteiger partial charge in [0.25, 0.3) is 0 Å². The number of amides is 1. The van der Waals surface area contributed by atoms with E-state index in [1.54, 1.807) is 11.8 Å². The maximum absolute atomic E-state index is 13.0. The number of aromatic nitrogens is 2. The van der Waals surface area contributed by atoms with Gasteiger partial charge in [-0.1, -0.05) is 18.2 Å². The fourth-order valence-electron chi connectivity index (χ4n) is 3.89. The Bertz CT molecular complexity index is 745. The molecule has 2 atom stereocenters. The standard InChI is InChI=1S/C19H23N3OS/c1-13-10-14(2)22(20-13)16-7-5-9-21(12-16)19(23)18-11-15-6-3-4-8-17(15)24-18/h3-4,6,8,10,16,18H,5,7,9,11-12H2,1-2H3. The largest absolute Gasteiger partial charge is 0.340 e. The number of likely N-dealkylation sites (tertiary alicyclic amines) is 1. The number of hydrogen-bond acceptors (Lipinski definition) is 3. The Morgan fingerprint density at radius 3 is 2.88 bits per heavy atom. The first-order valence-electron chi connectivity index (χ1n) is 8.68. The number of carbonyl (C=O) groups excluding carboxylic acids is 1. The number of fused-ring (bicyclic) bond motifs is 1. The van der Waals surface area contributed by atoms with E-state index in [0.29, 0.717) is 11.9 Å². The van der Waals surface area contributed by atoms with Crippen LogP contribution in [-0.2, 0) is 11.2 Å². The molecule has 1 saturated heterocycles. The number of thioether (sulfide) groups is 1. The van der Waals surface area contributed by atoms with Crippen LogP contribution in [0.2, 0.25) is 0 Å². The predicted molar refractivity (Wildman–Crippen MR) is 96.3 cm³/mol. The van der Waals surface area contributed by atoms with Crippen molar-refractivity contribution >= 4 is 17.7 Å². The molecule has 2 aromatic rings. The normalized spacial score (nSPS) is 23.3. The van der Waals surface area contributed by atoms with Crippen LogP contribution in [0.25, 0.3) is 0 Å². The first kappa shape index (κ1) is 15.8. The molecule has 126 valence electrons. The van der Waals surface area contributed by atoms with Crippen molar-refractivity contribution < 1.29 is 4.79 Å². The third-order valence-corrected chi connectivity index (χ3v) is 6.33. The molecule has 2 aliphatic heterocycles. The van der Waals surface area contributed by atoms with E-state index in [1.807, 2.05) is 6.92 Å². The molecule has 1 amide bonds. The molecule has 0 bridgehead atoms. The number of rotatable bonds is 2. The van der Waals surface area contributed by atoms with Crippen molar-refractivity contribution in [2.75, 3.05) is 13.1 Å². The summed E-state index contributed by atoms with van der Waals surface area (Å²) in [5.74, 6) is 0.294. The van der Waals surface area contributed by atoms with Gasteiger partial charge < -0.3 is 4.90 Å². The Labute approximate surface area is 147 Å². The second-order valence-corrected chi connectivity index (χ2v) is 8.11. The van der Waals surface area contributed by atoms with E-state index in [-0.39, 0.29) is 5.25 Å². The molecule has 0 spiro atoms. The lowest BCUT2D eigenvalue weighted by molar-refractivity contribution is -0.132. The molecule has 3 heterocycles. The average Bonchev–Trinajstić information content (AvgIpc) is 3.17. The van der Waals surface area contributed by atoms with E-state index >= 15 is 0 Å². The molecule has 1 fully saturated rings. The summed E-state index contributed by atoms with van der Waals surface area (Å²) < 4.78 is 2.12. The number of carbonyl (C=O) groups is 1. The molecular weight excluding hydrogens is 318 g/mol. The SMILES string of the molecule is Cc1cc(C)n(C2CCCN(C(=O)C3Cc4ccccc4S3)C2)n1. The third-order valence-electron chi connectivity index (χ3n) is 5.02. The number of aryl methyl sites for hydroxylation is 2. The molecule has 4 nitrogen and oxygen atoms in total. The molecule has 5 heteroatoms. The summed E-state index contributed by atoms with van der Waals surface area (Å²) in [6.45, 7) is 5.79. The second-order valence-electron chi connectivity index (χ2n) is 6.87. The molecule has 2 aliphatic rings. The van der Waals surface area contributed by atoms with Crippen molar-refractivity contribution in [3.05, 3.63) is 47.3 Å². The fraction of sp³-hybridized carbons (Fsp3) is 0.474. The Morgan fingerprint density at radius 2 is 2.12 bits per heavy atom. The minimum absolute atomic E-state index is 0.0432. The molecular formula is C19H23N3OS. The van der Waals surface area contributed by atoms with Crippen LogP contribution in [0, 0.1) is 13.8 Å². The van der Waals surface area contributed by atoms with Crippen molar-refractivity contribution in [2.24, 2.45) is 0 Å². The summed E-state index contributed by atoms with van der Waals surface area (Å²) in [5.41, 5.74) is 3.56. The van der Waals surface area contributed by atoms with Crippen LogP contribution in [0.15, 0.2) is 35.2 Å². The minimum atomic E-state index is 0.0432. The van der Waals surface area contributed by atoms with E-state index in [1.165, 1.54) is 16.2 Å².